The summed E-state index contributed by atoms with van der Waals surface area (Å²) in [5, 5.41) is 2.77. The number of rotatable bonds is 6. The van der Waals surface area contributed by atoms with Crippen molar-refractivity contribution in [2.24, 2.45) is 0 Å². The zero-order valence-corrected chi connectivity index (χ0v) is 16.7. The summed E-state index contributed by atoms with van der Waals surface area (Å²) in [6, 6.07) is 13.0. The van der Waals surface area contributed by atoms with Crippen molar-refractivity contribution in [1.29, 1.82) is 0 Å². The van der Waals surface area contributed by atoms with Crippen molar-refractivity contribution < 1.29 is 28.7 Å². The number of Topliss-reactive ketones (excluding diaryl/α,β-unsaturated/α-hetero) is 1. The number of hydrogen-bond acceptors (Lipinski definition) is 6. The SMILES string of the molecule is CC(=O)c1cccc(OCC(=O)OCC(=O)N2c3ccccc3NC(=O)C[C@H]2C)c1. The first kappa shape index (κ1) is 21.0. The highest BCUT2D eigenvalue weighted by Crippen LogP contribution is 2.31. The minimum atomic E-state index is -0.721. The Kier molecular flexibility index (Phi) is 6.46. The van der Waals surface area contributed by atoms with Gasteiger partial charge in [-0.05, 0) is 38.1 Å². The van der Waals surface area contributed by atoms with Gasteiger partial charge in [-0.3, -0.25) is 14.4 Å². The molecular weight excluding hydrogens is 388 g/mol. The van der Waals surface area contributed by atoms with Crippen molar-refractivity contribution in [1.82, 2.24) is 0 Å². The summed E-state index contributed by atoms with van der Waals surface area (Å²) in [4.78, 5) is 49.6. The predicted molar refractivity (Wildman–Crippen MR) is 110 cm³/mol. The Labute approximate surface area is 173 Å². The number of ketones is 1. The lowest BCUT2D eigenvalue weighted by Gasteiger charge is -2.27. The van der Waals surface area contributed by atoms with Gasteiger partial charge in [-0.25, -0.2) is 4.79 Å². The molecule has 0 fully saturated rings. The average Bonchev–Trinajstić information content (AvgIpc) is 2.84. The van der Waals surface area contributed by atoms with Crippen LogP contribution in [0.5, 0.6) is 5.75 Å². The number of benzene rings is 2. The Morgan fingerprint density at radius 2 is 1.87 bits per heavy atom. The molecule has 0 spiro atoms. The molecule has 3 rings (SSSR count). The molecule has 2 aromatic carbocycles. The topological polar surface area (TPSA) is 102 Å². The zero-order valence-electron chi connectivity index (χ0n) is 16.7. The van der Waals surface area contributed by atoms with Gasteiger partial charge in [-0.1, -0.05) is 24.3 Å². The molecule has 8 nitrogen and oxygen atoms in total. The highest BCUT2D eigenvalue weighted by atomic mass is 16.6. The molecule has 1 N–H and O–H groups in total. The number of nitrogens with one attached hydrogen (secondary N) is 1. The van der Waals surface area contributed by atoms with Gasteiger partial charge in [0, 0.05) is 18.0 Å². The number of amides is 2. The van der Waals surface area contributed by atoms with Crippen LogP contribution >= 0.6 is 0 Å². The number of carbonyl (C=O) groups excluding carboxylic acids is 4. The third-order valence-corrected chi connectivity index (χ3v) is 4.58. The highest BCUT2D eigenvalue weighted by Gasteiger charge is 2.30. The first-order chi connectivity index (χ1) is 14.3. The van der Waals surface area contributed by atoms with Crippen molar-refractivity contribution in [3.8, 4) is 5.75 Å². The van der Waals surface area contributed by atoms with Gasteiger partial charge in [0.25, 0.3) is 5.91 Å². The van der Waals surface area contributed by atoms with E-state index in [1.807, 2.05) is 0 Å². The van der Waals surface area contributed by atoms with Crippen molar-refractivity contribution in [2.45, 2.75) is 26.3 Å². The second-order valence-corrected chi connectivity index (χ2v) is 6.92. The number of esters is 1. The summed E-state index contributed by atoms with van der Waals surface area (Å²) in [6.45, 7) is 2.31. The number of carbonyl (C=O) groups is 4. The van der Waals surface area contributed by atoms with Crippen LogP contribution < -0.4 is 15.0 Å². The van der Waals surface area contributed by atoms with Crippen LogP contribution in [-0.2, 0) is 19.1 Å². The number of hydrogen-bond donors (Lipinski definition) is 1. The Morgan fingerprint density at radius 3 is 2.63 bits per heavy atom. The lowest BCUT2D eigenvalue weighted by atomic mass is 10.1. The first-order valence-electron chi connectivity index (χ1n) is 9.45. The molecule has 2 aromatic rings. The van der Waals surface area contributed by atoms with Gasteiger partial charge in [-0.2, -0.15) is 0 Å². The Bertz CT molecular complexity index is 987. The second-order valence-electron chi connectivity index (χ2n) is 6.92. The van der Waals surface area contributed by atoms with E-state index in [9.17, 15) is 19.2 Å². The summed E-state index contributed by atoms with van der Waals surface area (Å²) in [7, 11) is 0. The fraction of sp³-hybridized carbons (Fsp3) is 0.273. The molecule has 1 atom stereocenters. The fourth-order valence-electron chi connectivity index (χ4n) is 3.17. The molecule has 0 unspecified atom stereocenters. The number of anilines is 2. The number of para-hydroxylation sites is 2. The van der Waals surface area contributed by atoms with Crippen LogP contribution in [0.2, 0.25) is 0 Å². The summed E-state index contributed by atoms with van der Waals surface area (Å²) >= 11 is 0. The largest absolute Gasteiger partial charge is 0.482 e. The van der Waals surface area contributed by atoms with Gasteiger partial charge < -0.3 is 19.7 Å². The highest BCUT2D eigenvalue weighted by molar-refractivity contribution is 6.05. The molecule has 156 valence electrons. The van der Waals surface area contributed by atoms with E-state index >= 15 is 0 Å². The molecule has 0 saturated heterocycles. The van der Waals surface area contributed by atoms with E-state index in [0.717, 1.165) is 0 Å². The summed E-state index contributed by atoms with van der Waals surface area (Å²) in [6.07, 6.45) is 0.129. The van der Waals surface area contributed by atoms with Crippen LogP contribution in [0.3, 0.4) is 0 Å². The van der Waals surface area contributed by atoms with E-state index in [1.54, 1.807) is 49.4 Å². The summed E-state index contributed by atoms with van der Waals surface area (Å²) in [5.41, 5.74) is 1.54. The van der Waals surface area contributed by atoms with E-state index in [2.05, 4.69) is 5.32 Å². The molecule has 0 radical (unpaired) electrons. The van der Waals surface area contributed by atoms with Crippen molar-refractivity contribution >= 4 is 34.9 Å². The van der Waals surface area contributed by atoms with E-state index in [1.165, 1.54) is 17.9 Å². The number of nitrogens with zero attached hydrogens (tertiary/aromatic N) is 1. The van der Waals surface area contributed by atoms with Crippen molar-refractivity contribution in [3.63, 3.8) is 0 Å². The maximum Gasteiger partial charge on any atom is 0.344 e. The van der Waals surface area contributed by atoms with E-state index in [4.69, 9.17) is 9.47 Å². The minimum absolute atomic E-state index is 0.117. The first-order valence-corrected chi connectivity index (χ1v) is 9.45. The van der Waals surface area contributed by atoms with Crippen molar-refractivity contribution in [3.05, 3.63) is 54.1 Å². The Hall–Kier alpha value is -3.68. The molecule has 1 aliphatic heterocycles. The van der Waals surface area contributed by atoms with E-state index in [0.29, 0.717) is 22.7 Å². The van der Waals surface area contributed by atoms with Crippen LogP contribution in [0.1, 0.15) is 30.6 Å². The van der Waals surface area contributed by atoms with Crippen molar-refractivity contribution in [2.75, 3.05) is 23.4 Å². The molecule has 2 amide bonds. The van der Waals surface area contributed by atoms with Gasteiger partial charge in [0.1, 0.15) is 5.75 Å². The van der Waals surface area contributed by atoms with Gasteiger partial charge in [-0.15, -0.1) is 0 Å². The van der Waals surface area contributed by atoms with Gasteiger partial charge in [0.2, 0.25) is 5.91 Å². The smallest absolute Gasteiger partial charge is 0.344 e. The van der Waals surface area contributed by atoms with Gasteiger partial charge >= 0.3 is 5.97 Å². The van der Waals surface area contributed by atoms with Crippen LogP contribution in [-0.4, -0.2) is 42.8 Å². The molecule has 1 heterocycles. The van der Waals surface area contributed by atoms with Crippen LogP contribution in [0.15, 0.2) is 48.5 Å². The molecule has 8 heteroatoms. The molecule has 30 heavy (non-hydrogen) atoms. The quantitative estimate of drug-likeness (QED) is 0.580. The minimum Gasteiger partial charge on any atom is -0.482 e. The molecule has 1 aliphatic rings. The third-order valence-electron chi connectivity index (χ3n) is 4.58. The zero-order chi connectivity index (χ0) is 21.7. The van der Waals surface area contributed by atoms with Crippen LogP contribution in [0, 0.1) is 0 Å². The molecule has 0 aromatic heterocycles. The Balaban J connectivity index is 1.59. The number of fused-ring (bicyclic) bond motifs is 1. The second kappa shape index (κ2) is 9.21. The lowest BCUT2D eigenvalue weighted by Crippen LogP contribution is -2.41. The van der Waals surface area contributed by atoms with E-state index in [-0.39, 0.29) is 18.1 Å². The van der Waals surface area contributed by atoms with Crippen LogP contribution in [0.25, 0.3) is 0 Å². The standard InChI is InChI=1S/C22H22N2O6/c1-14-10-20(26)23-18-8-3-4-9-19(18)24(14)21(27)12-30-22(28)13-29-17-7-5-6-16(11-17)15(2)25/h3-9,11,14H,10,12-13H2,1-2H3,(H,23,26)/t14-/m1/s1. The summed E-state index contributed by atoms with van der Waals surface area (Å²) in [5.74, 6) is -1.12. The molecule has 0 aliphatic carbocycles. The normalized spacial score (nSPS) is 15.5. The monoisotopic (exact) mass is 410 g/mol. The van der Waals surface area contributed by atoms with Gasteiger partial charge in [0.05, 0.1) is 11.4 Å². The third kappa shape index (κ3) is 5.02. The van der Waals surface area contributed by atoms with E-state index < -0.39 is 31.1 Å². The number of ether oxygens (including phenoxy) is 2. The summed E-state index contributed by atoms with van der Waals surface area (Å²) < 4.78 is 10.4. The molecule has 0 bridgehead atoms. The Morgan fingerprint density at radius 1 is 1.10 bits per heavy atom. The van der Waals surface area contributed by atoms with Gasteiger partial charge in [0.15, 0.2) is 19.0 Å². The average molecular weight is 410 g/mol. The van der Waals surface area contributed by atoms with Crippen LogP contribution in [0.4, 0.5) is 11.4 Å². The predicted octanol–water partition coefficient (Wildman–Crippen LogP) is 2.58. The maximum absolute atomic E-state index is 12.8. The molecule has 0 saturated carbocycles. The fourth-order valence-corrected chi connectivity index (χ4v) is 3.17. The maximum atomic E-state index is 12.8. The lowest BCUT2D eigenvalue weighted by molar-refractivity contribution is -0.149. The molecular formula is C22H22N2O6.